The maximum atomic E-state index is 12.8. The van der Waals surface area contributed by atoms with Crippen LogP contribution in [-0.2, 0) is 10.0 Å². The van der Waals surface area contributed by atoms with Crippen molar-refractivity contribution in [3.63, 3.8) is 0 Å². The monoisotopic (exact) mass is 503 g/mol. The van der Waals surface area contributed by atoms with Gasteiger partial charge in [-0.3, -0.25) is 9.29 Å². The number of aryl methyl sites for hydroxylation is 2. The standard InChI is InChI=1S/C22H19Cl2N5O3S/c1-13-8-20(19(24)9-18(13)23)33(30,31)28-16-4-6-17(7-5-16)32-22-10-21(25-11-26-22)29-12-27-14(2)15(29)3/h4-12,28H,1-3H3. The van der Waals surface area contributed by atoms with Gasteiger partial charge in [0, 0.05) is 22.5 Å². The maximum Gasteiger partial charge on any atom is 0.263 e. The second kappa shape index (κ2) is 9.01. The van der Waals surface area contributed by atoms with Gasteiger partial charge in [0.25, 0.3) is 10.0 Å². The van der Waals surface area contributed by atoms with Gasteiger partial charge in [-0.1, -0.05) is 23.2 Å². The first-order valence-corrected chi connectivity index (χ1v) is 12.0. The zero-order chi connectivity index (χ0) is 23.8. The number of nitrogens with zero attached hydrogens (tertiary/aromatic N) is 4. The van der Waals surface area contributed by atoms with Gasteiger partial charge in [0.05, 0.1) is 10.7 Å². The van der Waals surface area contributed by atoms with Crippen molar-refractivity contribution < 1.29 is 13.2 Å². The molecule has 2 aromatic heterocycles. The van der Waals surface area contributed by atoms with Crippen molar-refractivity contribution >= 4 is 38.9 Å². The largest absolute Gasteiger partial charge is 0.439 e. The predicted molar refractivity (Wildman–Crippen MR) is 127 cm³/mol. The Hall–Kier alpha value is -3.14. The van der Waals surface area contributed by atoms with E-state index in [9.17, 15) is 8.42 Å². The van der Waals surface area contributed by atoms with Crippen LogP contribution in [0, 0.1) is 20.8 Å². The molecule has 11 heteroatoms. The molecule has 0 bridgehead atoms. The SMILES string of the molecule is Cc1cc(S(=O)(=O)Nc2ccc(Oc3cc(-n4cnc(C)c4C)ncn3)cc2)c(Cl)cc1Cl. The normalized spacial score (nSPS) is 11.4. The zero-order valence-corrected chi connectivity index (χ0v) is 20.2. The fourth-order valence-electron chi connectivity index (χ4n) is 3.01. The van der Waals surface area contributed by atoms with Crippen molar-refractivity contribution in [3.05, 3.63) is 82.1 Å². The highest BCUT2D eigenvalue weighted by Crippen LogP contribution is 2.30. The van der Waals surface area contributed by atoms with Crippen LogP contribution in [0.5, 0.6) is 11.6 Å². The van der Waals surface area contributed by atoms with Crippen LogP contribution in [0.3, 0.4) is 0 Å². The lowest BCUT2D eigenvalue weighted by Crippen LogP contribution is -2.13. The minimum Gasteiger partial charge on any atom is -0.439 e. The number of hydrogen-bond acceptors (Lipinski definition) is 6. The molecular weight excluding hydrogens is 485 g/mol. The third-order valence-electron chi connectivity index (χ3n) is 4.96. The second-order valence-corrected chi connectivity index (χ2v) is 9.73. The van der Waals surface area contributed by atoms with Crippen LogP contribution in [0.1, 0.15) is 17.0 Å². The summed E-state index contributed by atoms with van der Waals surface area (Å²) in [6, 6.07) is 10.9. The summed E-state index contributed by atoms with van der Waals surface area (Å²) in [4.78, 5) is 12.6. The molecule has 0 fully saturated rings. The second-order valence-electron chi connectivity index (χ2n) is 7.26. The van der Waals surface area contributed by atoms with E-state index in [-0.39, 0.29) is 9.92 Å². The first-order valence-electron chi connectivity index (χ1n) is 9.73. The van der Waals surface area contributed by atoms with Gasteiger partial charge in [0.15, 0.2) is 0 Å². The Kier molecular flexibility index (Phi) is 6.29. The lowest BCUT2D eigenvalue weighted by atomic mass is 10.2. The molecule has 4 aromatic rings. The Morgan fingerprint density at radius 2 is 1.67 bits per heavy atom. The van der Waals surface area contributed by atoms with Crippen LogP contribution in [0.15, 0.2) is 60.0 Å². The van der Waals surface area contributed by atoms with Crippen LogP contribution in [0.2, 0.25) is 10.0 Å². The van der Waals surface area contributed by atoms with E-state index in [0.717, 1.165) is 11.4 Å². The number of hydrogen-bond donors (Lipinski definition) is 1. The van der Waals surface area contributed by atoms with E-state index in [2.05, 4.69) is 19.7 Å². The number of nitrogens with one attached hydrogen (secondary N) is 1. The first-order chi connectivity index (χ1) is 15.6. The van der Waals surface area contributed by atoms with Gasteiger partial charge in [-0.2, -0.15) is 0 Å². The third-order valence-corrected chi connectivity index (χ3v) is 7.21. The maximum absolute atomic E-state index is 12.8. The third kappa shape index (κ3) is 4.95. The van der Waals surface area contributed by atoms with Crippen LogP contribution in [0.25, 0.3) is 5.82 Å². The molecule has 0 aliphatic rings. The predicted octanol–water partition coefficient (Wildman–Crippen LogP) is 5.49. The summed E-state index contributed by atoms with van der Waals surface area (Å²) < 4.78 is 35.7. The van der Waals surface area contributed by atoms with Crippen molar-refractivity contribution in [2.24, 2.45) is 0 Å². The molecular formula is C22H19Cl2N5O3S. The summed E-state index contributed by atoms with van der Waals surface area (Å²) >= 11 is 12.1. The number of sulfonamides is 1. The van der Waals surface area contributed by atoms with Crippen molar-refractivity contribution in [1.82, 2.24) is 19.5 Å². The topological polar surface area (TPSA) is 99.0 Å². The first kappa shape index (κ1) is 23.0. The summed E-state index contributed by atoms with van der Waals surface area (Å²) in [7, 11) is -3.90. The van der Waals surface area contributed by atoms with Crippen molar-refractivity contribution in [1.29, 1.82) is 0 Å². The number of halogens is 2. The number of anilines is 1. The lowest BCUT2D eigenvalue weighted by molar-refractivity contribution is 0.461. The van der Waals surface area contributed by atoms with Crippen molar-refractivity contribution in [3.8, 4) is 17.4 Å². The molecule has 8 nitrogen and oxygen atoms in total. The lowest BCUT2D eigenvalue weighted by Gasteiger charge is -2.12. The number of benzene rings is 2. The van der Waals surface area contributed by atoms with E-state index in [0.29, 0.717) is 33.7 Å². The van der Waals surface area contributed by atoms with Gasteiger partial charge in [0.2, 0.25) is 5.88 Å². The Balaban J connectivity index is 1.51. The highest BCUT2D eigenvalue weighted by Gasteiger charge is 2.19. The smallest absolute Gasteiger partial charge is 0.263 e. The average molecular weight is 504 g/mol. The molecule has 2 aromatic carbocycles. The zero-order valence-electron chi connectivity index (χ0n) is 17.9. The van der Waals surface area contributed by atoms with Gasteiger partial charge >= 0.3 is 0 Å². The summed E-state index contributed by atoms with van der Waals surface area (Å²) in [5.74, 6) is 1.43. The summed E-state index contributed by atoms with van der Waals surface area (Å²) in [5.41, 5.74) is 2.82. The molecule has 2 heterocycles. The summed E-state index contributed by atoms with van der Waals surface area (Å²) in [6.07, 6.45) is 3.09. The van der Waals surface area contributed by atoms with Crippen LogP contribution < -0.4 is 9.46 Å². The van der Waals surface area contributed by atoms with Crippen LogP contribution in [-0.4, -0.2) is 27.9 Å². The molecule has 1 N–H and O–H groups in total. The van der Waals surface area contributed by atoms with Gasteiger partial charge in [-0.15, -0.1) is 0 Å². The van der Waals surface area contributed by atoms with Crippen LogP contribution in [0.4, 0.5) is 5.69 Å². The Morgan fingerprint density at radius 1 is 0.939 bits per heavy atom. The molecule has 33 heavy (non-hydrogen) atoms. The molecule has 0 aliphatic carbocycles. The Bertz CT molecular complexity index is 1440. The van der Waals surface area contributed by atoms with Gasteiger partial charge < -0.3 is 4.74 Å². The van der Waals surface area contributed by atoms with Crippen molar-refractivity contribution in [2.45, 2.75) is 25.7 Å². The molecule has 4 rings (SSSR count). The molecule has 0 unspecified atom stereocenters. The van der Waals surface area contributed by atoms with Crippen molar-refractivity contribution in [2.75, 3.05) is 4.72 Å². The number of imidazole rings is 1. The fraction of sp³-hybridized carbons (Fsp3) is 0.136. The molecule has 0 spiro atoms. The van der Waals surface area contributed by atoms with E-state index in [1.54, 1.807) is 43.6 Å². The molecule has 0 saturated heterocycles. The molecule has 0 radical (unpaired) electrons. The summed E-state index contributed by atoms with van der Waals surface area (Å²) in [6.45, 7) is 5.57. The van der Waals surface area contributed by atoms with E-state index in [1.165, 1.54) is 18.5 Å². The minimum atomic E-state index is -3.90. The number of aromatic nitrogens is 4. The molecule has 0 amide bonds. The van der Waals surface area contributed by atoms with Gasteiger partial charge in [-0.25, -0.2) is 23.4 Å². The number of rotatable bonds is 6. The molecule has 0 saturated carbocycles. The number of ether oxygens (including phenoxy) is 1. The van der Waals surface area contributed by atoms with E-state index >= 15 is 0 Å². The summed E-state index contributed by atoms with van der Waals surface area (Å²) in [5, 5.41) is 0.438. The average Bonchev–Trinajstić information content (AvgIpc) is 3.10. The highest BCUT2D eigenvalue weighted by atomic mass is 35.5. The van der Waals surface area contributed by atoms with E-state index in [1.807, 2.05) is 18.4 Å². The van der Waals surface area contributed by atoms with E-state index < -0.39 is 10.0 Å². The Labute approximate surface area is 201 Å². The van der Waals surface area contributed by atoms with E-state index in [4.69, 9.17) is 27.9 Å². The van der Waals surface area contributed by atoms with Gasteiger partial charge in [0.1, 0.15) is 29.1 Å². The van der Waals surface area contributed by atoms with Crippen LogP contribution >= 0.6 is 23.2 Å². The minimum absolute atomic E-state index is 0.0425. The molecule has 0 aliphatic heterocycles. The van der Waals surface area contributed by atoms with Gasteiger partial charge in [-0.05, 0) is 62.7 Å². The molecule has 0 atom stereocenters. The fourth-order valence-corrected chi connectivity index (χ4v) is 4.90. The highest BCUT2D eigenvalue weighted by molar-refractivity contribution is 7.92. The Morgan fingerprint density at radius 3 is 2.33 bits per heavy atom. The molecule has 170 valence electrons. The quantitative estimate of drug-likeness (QED) is 0.373.